The van der Waals surface area contributed by atoms with E-state index in [0.29, 0.717) is 13.0 Å². The Morgan fingerprint density at radius 3 is 2.67 bits per heavy atom. The Labute approximate surface area is 138 Å². The van der Waals surface area contributed by atoms with E-state index in [1.165, 1.54) is 12.1 Å². The number of halogens is 3. The van der Waals surface area contributed by atoms with E-state index >= 15 is 0 Å². The van der Waals surface area contributed by atoms with Crippen LogP contribution in [0.3, 0.4) is 0 Å². The van der Waals surface area contributed by atoms with Crippen molar-refractivity contribution >= 4 is 12.2 Å². The van der Waals surface area contributed by atoms with Crippen LogP contribution in [0.15, 0.2) is 23.2 Å². The second kappa shape index (κ2) is 8.03. The summed E-state index contributed by atoms with van der Waals surface area (Å²) in [4.78, 5) is 14.5. The standard InChI is InChI=1S/C16H20F3N3O2/c1-2-20-15(22-21-10-23)11-7-8-14(13(9-11)16(17,18)19)24-12-5-3-4-6-12/h7-10,12H,2-6H2,1H3,(H,20,22)(H,21,23). The number of aliphatic imine (C=N–C) groups is 1. The fraction of sp³-hybridized carbons (Fsp3) is 0.500. The zero-order valence-electron chi connectivity index (χ0n) is 13.3. The van der Waals surface area contributed by atoms with Crippen LogP contribution in [0.25, 0.3) is 0 Å². The molecule has 0 aromatic heterocycles. The first kappa shape index (κ1) is 18.1. The molecule has 24 heavy (non-hydrogen) atoms. The van der Waals surface area contributed by atoms with Crippen LogP contribution >= 0.6 is 0 Å². The lowest BCUT2D eigenvalue weighted by Crippen LogP contribution is -2.37. The van der Waals surface area contributed by atoms with Gasteiger partial charge in [-0.3, -0.25) is 20.6 Å². The van der Waals surface area contributed by atoms with E-state index < -0.39 is 11.7 Å². The highest BCUT2D eigenvalue weighted by Gasteiger charge is 2.36. The lowest BCUT2D eigenvalue weighted by Gasteiger charge is -2.19. The molecule has 2 N–H and O–H groups in total. The predicted molar refractivity (Wildman–Crippen MR) is 83.7 cm³/mol. The van der Waals surface area contributed by atoms with Crippen LogP contribution in [-0.4, -0.2) is 24.9 Å². The van der Waals surface area contributed by atoms with Gasteiger partial charge in [-0.1, -0.05) is 0 Å². The Bertz CT molecular complexity index is 597. The quantitative estimate of drug-likeness (QED) is 0.361. The third-order valence-corrected chi connectivity index (χ3v) is 3.72. The topological polar surface area (TPSA) is 62.7 Å². The zero-order chi connectivity index (χ0) is 17.6. The van der Waals surface area contributed by atoms with Gasteiger partial charge in [0.25, 0.3) is 0 Å². The monoisotopic (exact) mass is 343 g/mol. The van der Waals surface area contributed by atoms with Gasteiger partial charge in [0.05, 0.1) is 11.7 Å². The first-order chi connectivity index (χ1) is 11.5. The van der Waals surface area contributed by atoms with Gasteiger partial charge >= 0.3 is 6.18 Å². The number of carbonyl (C=O) groups is 1. The molecule has 1 aliphatic carbocycles. The summed E-state index contributed by atoms with van der Waals surface area (Å²) < 4.78 is 45.7. The number of hydrogen-bond donors (Lipinski definition) is 2. The highest BCUT2D eigenvalue weighted by Crippen LogP contribution is 2.38. The number of carbonyl (C=O) groups excluding carboxylic acids is 1. The number of ether oxygens (including phenoxy) is 1. The molecule has 1 aliphatic rings. The fourth-order valence-electron chi connectivity index (χ4n) is 2.65. The van der Waals surface area contributed by atoms with Crippen LogP contribution in [0.4, 0.5) is 13.2 Å². The van der Waals surface area contributed by atoms with Gasteiger partial charge in [0.2, 0.25) is 6.41 Å². The summed E-state index contributed by atoms with van der Waals surface area (Å²) in [5, 5.41) is 0. The molecule has 0 aliphatic heterocycles. The minimum Gasteiger partial charge on any atom is -0.490 e. The van der Waals surface area contributed by atoms with Gasteiger partial charge in [0.15, 0.2) is 0 Å². The minimum absolute atomic E-state index is 0.155. The Morgan fingerprint density at radius 1 is 1.38 bits per heavy atom. The summed E-state index contributed by atoms with van der Waals surface area (Å²) in [6.07, 6.45) is -0.848. The molecule has 132 valence electrons. The highest BCUT2D eigenvalue weighted by atomic mass is 19.4. The van der Waals surface area contributed by atoms with Gasteiger partial charge in [-0.2, -0.15) is 13.2 Å². The van der Waals surface area contributed by atoms with Crippen molar-refractivity contribution in [1.29, 1.82) is 0 Å². The summed E-state index contributed by atoms with van der Waals surface area (Å²) in [6.45, 7) is 2.09. The van der Waals surface area contributed by atoms with E-state index in [2.05, 4.69) is 15.8 Å². The molecule has 0 unspecified atom stereocenters. The normalized spacial score (nSPS) is 16.1. The van der Waals surface area contributed by atoms with Gasteiger partial charge in [0.1, 0.15) is 11.6 Å². The molecular weight excluding hydrogens is 323 g/mol. The molecule has 1 amide bonds. The lowest BCUT2D eigenvalue weighted by atomic mass is 10.1. The molecule has 1 aromatic carbocycles. The molecule has 1 aromatic rings. The maximum atomic E-state index is 13.4. The van der Waals surface area contributed by atoms with E-state index in [1.54, 1.807) is 6.92 Å². The number of alkyl halides is 3. The average Bonchev–Trinajstić information content (AvgIpc) is 3.04. The molecule has 2 rings (SSSR count). The number of amides is 1. The summed E-state index contributed by atoms with van der Waals surface area (Å²) in [5.74, 6) is -0.0140. The van der Waals surface area contributed by atoms with E-state index in [4.69, 9.17) is 4.74 Å². The maximum Gasteiger partial charge on any atom is 0.419 e. The first-order valence-electron chi connectivity index (χ1n) is 7.83. The van der Waals surface area contributed by atoms with E-state index in [1.807, 2.05) is 0 Å². The average molecular weight is 343 g/mol. The van der Waals surface area contributed by atoms with Crippen molar-refractivity contribution in [1.82, 2.24) is 10.9 Å². The molecular formula is C16H20F3N3O2. The van der Waals surface area contributed by atoms with Crippen molar-refractivity contribution in [3.63, 3.8) is 0 Å². The summed E-state index contributed by atoms with van der Waals surface area (Å²) in [5.41, 5.74) is 4.05. The summed E-state index contributed by atoms with van der Waals surface area (Å²) >= 11 is 0. The van der Waals surface area contributed by atoms with Gasteiger partial charge in [-0.25, -0.2) is 0 Å². The SMILES string of the molecule is CCN=C(NNC=O)c1ccc(OC2CCCC2)c(C(F)(F)F)c1. The number of benzene rings is 1. The molecule has 0 radical (unpaired) electrons. The van der Waals surface area contributed by atoms with Crippen molar-refractivity contribution in [3.05, 3.63) is 29.3 Å². The van der Waals surface area contributed by atoms with Crippen LogP contribution in [0.5, 0.6) is 5.75 Å². The third kappa shape index (κ3) is 4.62. The second-order valence-electron chi connectivity index (χ2n) is 5.44. The van der Waals surface area contributed by atoms with E-state index in [9.17, 15) is 18.0 Å². The van der Waals surface area contributed by atoms with Crippen molar-refractivity contribution in [2.75, 3.05) is 6.54 Å². The van der Waals surface area contributed by atoms with Gasteiger partial charge < -0.3 is 4.74 Å². The molecule has 0 heterocycles. The predicted octanol–water partition coefficient (Wildman–Crippen LogP) is 3.04. The molecule has 0 saturated heterocycles. The van der Waals surface area contributed by atoms with Crippen molar-refractivity contribution < 1.29 is 22.7 Å². The number of amidine groups is 1. The number of hydrazine groups is 1. The lowest BCUT2D eigenvalue weighted by molar-refractivity contribution is -0.139. The minimum atomic E-state index is -4.54. The van der Waals surface area contributed by atoms with Crippen LogP contribution < -0.4 is 15.6 Å². The maximum absolute atomic E-state index is 13.4. The van der Waals surface area contributed by atoms with Crippen LogP contribution in [0.1, 0.15) is 43.7 Å². The molecule has 5 nitrogen and oxygen atoms in total. The van der Waals surface area contributed by atoms with Crippen LogP contribution in [0.2, 0.25) is 0 Å². The summed E-state index contributed by atoms with van der Waals surface area (Å²) in [7, 11) is 0. The number of hydrogen-bond acceptors (Lipinski definition) is 3. The fourth-order valence-corrected chi connectivity index (χ4v) is 2.65. The smallest absolute Gasteiger partial charge is 0.419 e. The number of nitrogens with one attached hydrogen (secondary N) is 2. The van der Waals surface area contributed by atoms with E-state index in [-0.39, 0.29) is 23.3 Å². The van der Waals surface area contributed by atoms with Crippen molar-refractivity contribution in [2.45, 2.75) is 44.9 Å². The number of rotatable bonds is 6. The Kier molecular flexibility index (Phi) is 6.05. The van der Waals surface area contributed by atoms with Gasteiger partial charge in [-0.05, 0) is 50.8 Å². The van der Waals surface area contributed by atoms with Crippen molar-refractivity contribution in [3.8, 4) is 5.75 Å². The zero-order valence-corrected chi connectivity index (χ0v) is 13.3. The third-order valence-electron chi connectivity index (χ3n) is 3.72. The Morgan fingerprint density at radius 2 is 2.08 bits per heavy atom. The second-order valence-corrected chi connectivity index (χ2v) is 5.44. The van der Waals surface area contributed by atoms with Crippen molar-refractivity contribution in [2.24, 2.45) is 4.99 Å². The Balaban J connectivity index is 2.34. The largest absolute Gasteiger partial charge is 0.490 e. The van der Waals surface area contributed by atoms with E-state index in [0.717, 1.165) is 31.7 Å². The molecule has 1 fully saturated rings. The highest BCUT2D eigenvalue weighted by molar-refractivity contribution is 5.99. The summed E-state index contributed by atoms with van der Waals surface area (Å²) in [6, 6.07) is 3.79. The molecule has 8 heteroatoms. The van der Waals surface area contributed by atoms with Gasteiger partial charge in [-0.15, -0.1) is 0 Å². The van der Waals surface area contributed by atoms with Gasteiger partial charge in [0, 0.05) is 12.1 Å². The molecule has 1 saturated carbocycles. The number of nitrogens with zero attached hydrogens (tertiary/aromatic N) is 1. The Hall–Kier alpha value is -2.25. The first-order valence-corrected chi connectivity index (χ1v) is 7.83. The molecule has 0 bridgehead atoms. The molecule has 0 atom stereocenters. The van der Waals surface area contributed by atoms with Crippen LogP contribution in [-0.2, 0) is 11.0 Å². The molecule has 0 spiro atoms. The van der Waals surface area contributed by atoms with Crippen LogP contribution in [0, 0.1) is 0 Å².